The summed E-state index contributed by atoms with van der Waals surface area (Å²) >= 11 is 0. The summed E-state index contributed by atoms with van der Waals surface area (Å²) in [7, 11) is -2.28. The van der Waals surface area contributed by atoms with E-state index in [2.05, 4.69) is 77.2 Å². The zero-order valence-corrected chi connectivity index (χ0v) is 30.5. The van der Waals surface area contributed by atoms with Crippen LogP contribution in [0.15, 0.2) is 41.7 Å². The molecule has 0 unspecified atom stereocenters. The van der Waals surface area contributed by atoms with Crippen LogP contribution in [0.25, 0.3) is 0 Å². The van der Waals surface area contributed by atoms with Crippen LogP contribution in [0.4, 0.5) is 10.5 Å². The van der Waals surface area contributed by atoms with Crippen molar-refractivity contribution in [3.05, 3.63) is 47.2 Å². The van der Waals surface area contributed by atoms with Crippen LogP contribution in [-0.4, -0.2) is 65.7 Å². The highest BCUT2D eigenvalue weighted by Gasteiger charge is 2.86. The van der Waals surface area contributed by atoms with Gasteiger partial charge in [-0.1, -0.05) is 71.0 Å². The highest BCUT2D eigenvalue weighted by molar-refractivity contribution is 6.76. The molecule has 0 aromatic heterocycles. The minimum Gasteiger partial charge on any atom is -0.543 e. The standard InChI is InChI=1S/C35H45NO8Si2/c1-23-29(31(38)42-22-41-19-20-45(6,7)8)30(37)25-15-13-11-12-14-16-28-34(23)35(25,44-34)26-21-24(43-46(9,10)33(2,3)4)17-18-27(26)36(28)32(39)40-5/h11-12,17-18,21,23,25,28,37H,19-20,22H2,1-10H3/b12-11-/t23-,25-,28-,34-,35+/m0/s1. The first-order chi connectivity index (χ1) is 21.4. The average Bonchev–Trinajstić information content (AvgIpc) is 3.68. The number of anilines is 1. The molecule has 9 nitrogen and oxygen atoms in total. The minimum atomic E-state index is -2.26. The van der Waals surface area contributed by atoms with Gasteiger partial charge in [-0.25, -0.2) is 9.59 Å². The van der Waals surface area contributed by atoms with Gasteiger partial charge in [-0.15, -0.1) is 0 Å². The van der Waals surface area contributed by atoms with E-state index in [1.807, 2.05) is 18.2 Å². The van der Waals surface area contributed by atoms with Crippen molar-refractivity contribution in [1.29, 1.82) is 0 Å². The van der Waals surface area contributed by atoms with Crippen molar-refractivity contribution in [2.75, 3.05) is 25.4 Å². The summed E-state index contributed by atoms with van der Waals surface area (Å²) in [6.45, 7) is 19.5. The number of allylic oxidation sites excluding steroid dienone is 2. The molecule has 1 fully saturated rings. The third kappa shape index (κ3) is 5.37. The Bertz CT molecular complexity index is 1630. The number of rotatable bonds is 8. The molecule has 1 saturated heterocycles. The van der Waals surface area contributed by atoms with Crippen molar-refractivity contribution < 1.29 is 38.1 Å². The van der Waals surface area contributed by atoms with Gasteiger partial charge in [-0.05, 0) is 54.5 Å². The van der Waals surface area contributed by atoms with Crippen LogP contribution < -0.4 is 9.33 Å². The number of carbonyl (C=O) groups excluding carboxylic acids is 2. The molecular formula is C35H45NO8Si2. The highest BCUT2D eigenvalue weighted by Crippen LogP contribution is 2.74. The van der Waals surface area contributed by atoms with Gasteiger partial charge in [0.05, 0.1) is 18.4 Å². The number of hydrogen-bond acceptors (Lipinski definition) is 8. The summed E-state index contributed by atoms with van der Waals surface area (Å²) in [6, 6.07) is 5.56. The first-order valence-electron chi connectivity index (χ1n) is 15.7. The predicted molar refractivity (Wildman–Crippen MR) is 180 cm³/mol. The maximum absolute atomic E-state index is 13.7. The molecule has 5 atom stereocenters. The predicted octanol–water partition coefficient (Wildman–Crippen LogP) is 6.50. The number of methoxy groups -OCH3 is 1. The Morgan fingerprint density at radius 1 is 1.09 bits per heavy atom. The molecule has 0 radical (unpaired) electrons. The molecule has 246 valence electrons. The average molecular weight is 664 g/mol. The molecule has 0 spiro atoms. The Hall–Kier alpha value is -3.49. The number of esters is 1. The number of aliphatic hydroxyl groups is 1. The van der Waals surface area contributed by atoms with E-state index >= 15 is 0 Å². The van der Waals surface area contributed by atoms with E-state index in [4.69, 9.17) is 23.4 Å². The van der Waals surface area contributed by atoms with Gasteiger partial charge in [-0.2, -0.15) is 0 Å². The molecule has 2 heterocycles. The van der Waals surface area contributed by atoms with E-state index in [0.717, 1.165) is 6.04 Å². The van der Waals surface area contributed by atoms with Gasteiger partial charge < -0.3 is 28.5 Å². The fourth-order valence-electron chi connectivity index (χ4n) is 6.38. The van der Waals surface area contributed by atoms with Gasteiger partial charge in [0.25, 0.3) is 0 Å². The molecule has 0 saturated carbocycles. The minimum absolute atomic E-state index is 0.0273. The van der Waals surface area contributed by atoms with Gasteiger partial charge in [0.15, 0.2) is 6.79 Å². The first kappa shape index (κ1) is 33.9. The molecule has 5 rings (SSSR count). The molecule has 1 aromatic carbocycles. The normalized spacial score (nSPS) is 28.3. The lowest BCUT2D eigenvalue weighted by Crippen LogP contribution is -2.60. The lowest BCUT2D eigenvalue weighted by atomic mass is 9.59. The van der Waals surface area contributed by atoms with E-state index in [-0.39, 0.29) is 23.2 Å². The maximum atomic E-state index is 13.7. The largest absolute Gasteiger partial charge is 0.543 e. The SMILES string of the molecule is COC(=O)N1c2ccc(O[Si](C)(C)C(C)(C)C)cc2[C@@]23O[C@@]24[C@@H]1C#C/C=C\C#C[C@H]3C(O)=C(C(=O)OCOCC[Si](C)(C)C)[C@@H]4C. The van der Waals surface area contributed by atoms with Crippen LogP contribution in [0.3, 0.4) is 0 Å². The van der Waals surface area contributed by atoms with E-state index in [1.165, 1.54) is 12.0 Å². The van der Waals surface area contributed by atoms with Crippen LogP contribution in [0.5, 0.6) is 5.75 Å². The molecule has 46 heavy (non-hydrogen) atoms. The molecular weight excluding hydrogens is 619 g/mol. The van der Waals surface area contributed by atoms with E-state index in [9.17, 15) is 14.7 Å². The smallest absolute Gasteiger partial charge is 0.415 e. The monoisotopic (exact) mass is 663 g/mol. The van der Waals surface area contributed by atoms with Gasteiger partial charge in [0.1, 0.15) is 34.7 Å². The summed E-state index contributed by atoms with van der Waals surface area (Å²) < 4.78 is 30.0. The van der Waals surface area contributed by atoms with E-state index < -0.39 is 57.5 Å². The van der Waals surface area contributed by atoms with Gasteiger partial charge in [-0.3, -0.25) is 4.90 Å². The van der Waals surface area contributed by atoms with Gasteiger partial charge in [0, 0.05) is 26.2 Å². The van der Waals surface area contributed by atoms with Crippen molar-refractivity contribution in [1.82, 2.24) is 0 Å². The van der Waals surface area contributed by atoms with Crippen LogP contribution in [0, 0.1) is 35.5 Å². The molecule has 11 heteroatoms. The van der Waals surface area contributed by atoms with Crippen molar-refractivity contribution >= 4 is 34.1 Å². The van der Waals surface area contributed by atoms with Gasteiger partial charge >= 0.3 is 12.1 Å². The molecule has 4 aliphatic rings. The highest BCUT2D eigenvalue weighted by atomic mass is 28.4. The Morgan fingerprint density at radius 2 is 1.76 bits per heavy atom. The van der Waals surface area contributed by atoms with Crippen molar-refractivity contribution in [3.8, 4) is 29.4 Å². The zero-order chi connectivity index (χ0) is 33.9. The van der Waals surface area contributed by atoms with Crippen LogP contribution in [0.2, 0.25) is 43.8 Å². The quantitative estimate of drug-likeness (QED) is 0.0839. The fraction of sp³-hybridized carbons (Fsp3) is 0.543. The second kappa shape index (κ2) is 11.6. The van der Waals surface area contributed by atoms with Crippen molar-refractivity contribution in [3.63, 3.8) is 0 Å². The summed E-state index contributed by atoms with van der Waals surface area (Å²) in [5.41, 5.74) is -1.35. The number of carbonyl (C=O) groups is 2. The molecule has 1 amide bonds. The summed E-state index contributed by atoms with van der Waals surface area (Å²) in [5.74, 6) is 10.3. The summed E-state index contributed by atoms with van der Waals surface area (Å²) in [5, 5.41) is 11.8. The lowest BCUT2D eigenvalue weighted by molar-refractivity contribution is -0.152. The molecule has 4 bridgehead atoms. The second-order valence-electron chi connectivity index (χ2n) is 15.0. The second-order valence-corrected chi connectivity index (χ2v) is 25.4. The number of benzene rings is 1. The third-order valence-corrected chi connectivity index (χ3v) is 16.0. The molecule has 1 N–H and O–H groups in total. The van der Waals surface area contributed by atoms with Crippen LogP contribution in [0.1, 0.15) is 33.3 Å². The van der Waals surface area contributed by atoms with Crippen LogP contribution in [-0.2, 0) is 29.3 Å². The van der Waals surface area contributed by atoms with Crippen molar-refractivity contribution in [2.45, 2.75) is 88.8 Å². The lowest BCUT2D eigenvalue weighted by Gasteiger charge is -2.45. The Morgan fingerprint density at radius 3 is 2.39 bits per heavy atom. The number of epoxide rings is 1. The van der Waals surface area contributed by atoms with Crippen LogP contribution >= 0.6 is 0 Å². The van der Waals surface area contributed by atoms with E-state index in [0.29, 0.717) is 23.6 Å². The molecule has 2 aliphatic heterocycles. The topological polar surface area (TPSA) is 107 Å². The van der Waals surface area contributed by atoms with Gasteiger partial charge in [0.2, 0.25) is 8.32 Å². The third-order valence-electron chi connectivity index (χ3n) is 9.93. The van der Waals surface area contributed by atoms with Crippen molar-refractivity contribution in [2.24, 2.45) is 11.8 Å². The summed E-state index contributed by atoms with van der Waals surface area (Å²) in [6.07, 6.45) is 2.53. The number of aliphatic hydroxyl groups excluding tert-OH is 1. The fourth-order valence-corrected chi connectivity index (χ4v) is 8.16. The maximum Gasteiger partial charge on any atom is 0.415 e. The molecule has 2 aliphatic carbocycles. The first-order valence-corrected chi connectivity index (χ1v) is 22.3. The Balaban J connectivity index is 1.65. The number of fused-ring (bicyclic) bond motifs is 1. The number of amides is 1. The number of hydrogen-bond donors (Lipinski definition) is 1. The zero-order valence-electron chi connectivity index (χ0n) is 28.5. The summed E-state index contributed by atoms with van der Waals surface area (Å²) in [4.78, 5) is 28.7. The Kier molecular flexibility index (Phi) is 8.57. The Labute approximate surface area is 274 Å². The number of nitrogens with zero attached hydrogens (tertiary/aromatic N) is 1. The number of ether oxygens (including phenoxy) is 4. The van der Waals surface area contributed by atoms with E-state index in [1.54, 1.807) is 19.1 Å². The molecule has 1 aromatic rings.